The maximum absolute atomic E-state index is 10.7. The summed E-state index contributed by atoms with van der Waals surface area (Å²) in [5.74, 6) is 0.543. The summed E-state index contributed by atoms with van der Waals surface area (Å²) in [6, 6.07) is 5.05. The monoisotopic (exact) mass is 243 g/mol. The number of hydrogen-bond acceptors (Lipinski definition) is 2. The Bertz CT molecular complexity index is 328. The molecule has 0 saturated heterocycles. The van der Waals surface area contributed by atoms with Gasteiger partial charge in [0.15, 0.2) is 0 Å². The van der Waals surface area contributed by atoms with Crippen LogP contribution in [0, 0.1) is 0 Å². The molecule has 0 aromatic heterocycles. The maximum atomic E-state index is 10.7. The molecule has 0 heterocycles. The zero-order valence-corrected chi connectivity index (χ0v) is 10.3. The molecule has 1 aromatic rings. The first-order chi connectivity index (χ1) is 7.67. The summed E-state index contributed by atoms with van der Waals surface area (Å²) in [6.45, 7) is 4.67. The molecule has 0 amide bonds. The van der Waals surface area contributed by atoms with Crippen LogP contribution >= 0.6 is 11.6 Å². The second-order valence-electron chi connectivity index (χ2n) is 3.49. The smallest absolute Gasteiger partial charge is 0.138 e. The van der Waals surface area contributed by atoms with E-state index in [0.29, 0.717) is 29.5 Å². The normalized spacial score (nSPS) is 12.5. The Labute approximate surface area is 101 Å². The van der Waals surface area contributed by atoms with E-state index in [1.165, 1.54) is 0 Å². The SMILES string of the molecule is CCOC(C)COc1cc(C[O])ccc1Cl. The predicted molar refractivity (Wildman–Crippen MR) is 62.4 cm³/mol. The van der Waals surface area contributed by atoms with E-state index in [1.54, 1.807) is 18.2 Å². The summed E-state index contributed by atoms with van der Waals surface area (Å²) in [6.07, 6.45) is 0.0111. The number of rotatable bonds is 6. The average molecular weight is 244 g/mol. The fraction of sp³-hybridized carbons (Fsp3) is 0.500. The van der Waals surface area contributed by atoms with Gasteiger partial charge in [-0.3, -0.25) is 0 Å². The van der Waals surface area contributed by atoms with Gasteiger partial charge >= 0.3 is 0 Å². The number of halogens is 1. The van der Waals surface area contributed by atoms with Crippen molar-refractivity contribution in [1.82, 2.24) is 0 Å². The molecule has 0 bridgehead atoms. The van der Waals surface area contributed by atoms with E-state index in [4.69, 9.17) is 21.1 Å². The second-order valence-corrected chi connectivity index (χ2v) is 3.89. The Hall–Kier alpha value is -0.770. The Morgan fingerprint density at radius 3 is 2.81 bits per heavy atom. The number of ether oxygens (including phenoxy) is 2. The van der Waals surface area contributed by atoms with Crippen LogP contribution in [0.15, 0.2) is 18.2 Å². The summed E-state index contributed by atoms with van der Waals surface area (Å²) in [5, 5.41) is 11.2. The fourth-order valence-electron chi connectivity index (χ4n) is 1.29. The summed E-state index contributed by atoms with van der Waals surface area (Å²) >= 11 is 5.95. The quantitative estimate of drug-likeness (QED) is 0.770. The van der Waals surface area contributed by atoms with Gasteiger partial charge in [0, 0.05) is 6.61 Å². The van der Waals surface area contributed by atoms with Crippen molar-refractivity contribution >= 4 is 11.6 Å². The van der Waals surface area contributed by atoms with Crippen LogP contribution < -0.4 is 4.74 Å². The summed E-state index contributed by atoms with van der Waals surface area (Å²) in [5.41, 5.74) is 0.670. The van der Waals surface area contributed by atoms with Crippen molar-refractivity contribution < 1.29 is 14.6 Å². The highest BCUT2D eigenvalue weighted by atomic mass is 35.5. The Morgan fingerprint density at radius 1 is 1.44 bits per heavy atom. The first kappa shape index (κ1) is 13.3. The molecule has 0 saturated carbocycles. The molecule has 0 N–H and O–H groups in total. The van der Waals surface area contributed by atoms with Crippen molar-refractivity contribution in [1.29, 1.82) is 0 Å². The van der Waals surface area contributed by atoms with Crippen molar-refractivity contribution in [3.8, 4) is 5.75 Å². The minimum Gasteiger partial charge on any atom is -0.489 e. The average Bonchev–Trinajstić information content (AvgIpc) is 2.28. The number of benzene rings is 1. The molecule has 89 valence electrons. The van der Waals surface area contributed by atoms with Crippen molar-refractivity contribution in [3.63, 3.8) is 0 Å². The highest BCUT2D eigenvalue weighted by molar-refractivity contribution is 6.32. The van der Waals surface area contributed by atoms with Gasteiger partial charge in [-0.1, -0.05) is 17.7 Å². The van der Waals surface area contributed by atoms with Crippen LogP contribution in [0.2, 0.25) is 5.02 Å². The Morgan fingerprint density at radius 2 is 2.19 bits per heavy atom. The van der Waals surface area contributed by atoms with Crippen molar-refractivity contribution in [2.45, 2.75) is 26.6 Å². The zero-order chi connectivity index (χ0) is 12.0. The van der Waals surface area contributed by atoms with Crippen LogP contribution in [0.4, 0.5) is 0 Å². The third kappa shape index (κ3) is 4.00. The molecule has 0 fully saturated rings. The molecule has 0 spiro atoms. The van der Waals surface area contributed by atoms with Crippen molar-refractivity contribution in [3.05, 3.63) is 28.8 Å². The Kier molecular flexibility index (Phi) is 5.60. The summed E-state index contributed by atoms with van der Waals surface area (Å²) in [7, 11) is 0. The van der Waals surface area contributed by atoms with Crippen LogP contribution in [0.5, 0.6) is 5.75 Å². The molecule has 1 atom stereocenters. The van der Waals surface area contributed by atoms with Gasteiger partial charge in [0.05, 0.1) is 11.1 Å². The lowest BCUT2D eigenvalue weighted by Crippen LogP contribution is -2.18. The minimum absolute atomic E-state index is 0.0111. The minimum atomic E-state index is -0.269. The van der Waals surface area contributed by atoms with E-state index in [9.17, 15) is 5.11 Å². The van der Waals surface area contributed by atoms with Gasteiger partial charge in [-0.15, -0.1) is 0 Å². The van der Waals surface area contributed by atoms with Crippen LogP contribution in [-0.2, 0) is 16.5 Å². The zero-order valence-electron chi connectivity index (χ0n) is 9.53. The third-order valence-electron chi connectivity index (χ3n) is 2.09. The van der Waals surface area contributed by atoms with Crippen molar-refractivity contribution in [2.75, 3.05) is 13.2 Å². The van der Waals surface area contributed by atoms with Crippen LogP contribution in [-0.4, -0.2) is 19.3 Å². The molecule has 0 aliphatic rings. The summed E-state index contributed by atoms with van der Waals surface area (Å²) in [4.78, 5) is 0. The van der Waals surface area contributed by atoms with Crippen LogP contribution in [0.3, 0.4) is 0 Å². The maximum Gasteiger partial charge on any atom is 0.138 e. The van der Waals surface area contributed by atoms with Gasteiger partial charge < -0.3 is 9.47 Å². The fourth-order valence-corrected chi connectivity index (χ4v) is 1.46. The first-order valence-electron chi connectivity index (χ1n) is 5.28. The molecule has 1 radical (unpaired) electrons. The van der Waals surface area contributed by atoms with Gasteiger partial charge in [0.1, 0.15) is 19.0 Å². The molecule has 0 aliphatic heterocycles. The molecule has 1 unspecified atom stereocenters. The third-order valence-corrected chi connectivity index (χ3v) is 2.40. The summed E-state index contributed by atoms with van der Waals surface area (Å²) < 4.78 is 10.8. The van der Waals surface area contributed by atoms with E-state index < -0.39 is 0 Å². The van der Waals surface area contributed by atoms with Gasteiger partial charge in [0.2, 0.25) is 0 Å². The van der Waals surface area contributed by atoms with Crippen LogP contribution in [0.1, 0.15) is 19.4 Å². The van der Waals surface area contributed by atoms with Gasteiger partial charge in [-0.25, -0.2) is 5.11 Å². The van der Waals surface area contributed by atoms with Gasteiger partial charge in [-0.05, 0) is 31.5 Å². The van der Waals surface area contributed by atoms with Gasteiger partial charge in [-0.2, -0.15) is 0 Å². The van der Waals surface area contributed by atoms with E-state index in [-0.39, 0.29) is 12.7 Å². The molecule has 1 aromatic carbocycles. The Balaban J connectivity index is 2.58. The molecular formula is C12H16ClO3. The van der Waals surface area contributed by atoms with E-state index >= 15 is 0 Å². The van der Waals surface area contributed by atoms with E-state index in [2.05, 4.69) is 0 Å². The van der Waals surface area contributed by atoms with E-state index in [1.807, 2.05) is 13.8 Å². The second kappa shape index (κ2) is 6.74. The standard InChI is InChI=1S/C12H16ClO3/c1-3-15-9(2)8-16-12-6-10(7-14)4-5-11(12)13/h4-6,9H,3,7-8H2,1-2H3. The van der Waals surface area contributed by atoms with Crippen LogP contribution in [0.25, 0.3) is 0 Å². The van der Waals surface area contributed by atoms with E-state index in [0.717, 1.165) is 0 Å². The highest BCUT2D eigenvalue weighted by Gasteiger charge is 2.06. The van der Waals surface area contributed by atoms with Crippen molar-refractivity contribution in [2.24, 2.45) is 0 Å². The highest BCUT2D eigenvalue weighted by Crippen LogP contribution is 2.25. The lowest BCUT2D eigenvalue weighted by atomic mass is 10.2. The van der Waals surface area contributed by atoms with Gasteiger partial charge in [0.25, 0.3) is 0 Å². The predicted octanol–water partition coefficient (Wildman–Crippen LogP) is 3.07. The lowest BCUT2D eigenvalue weighted by Gasteiger charge is -2.14. The topological polar surface area (TPSA) is 38.4 Å². The molecular weight excluding hydrogens is 228 g/mol. The molecule has 4 heteroatoms. The molecule has 3 nitrogen and oxygen atoms in total. The molecule has 0 aliphatic carbocycles. The molecule has 16 heavy (non-hydrogen) atoms. The first-order valence-corrected chi connectivity index (χ1v) is 5.66. The largest absolute Gasteiger partial charge is 0.489 e. The number of hydrogen-bond donors (Lipinski definition) is 0. The molecule has 1 rings (SSSR count). The lowest BCUT2D eigenvalue weighted by molar-refractivity contribution is 0.0402.